The van der Waals surface area contributed by atoms with Crippen LogP contribution in [0.3, 0.4) is 0 Å². The summed E-state index contributed by atoms with van der Waals surface area (Å²) in [5.41, 5.74) is -1.00. The molecule has 1 atom stereocenters. The van der Waals surface area contributed by atoms with Gasteiger partial charge in [0.25, 0.3) is 5.91 Å². The maximum Gasteiger partial charge on any atom is 0.322 e. The van der Waals surface area contributed by atoms with E-state index in [1.54, 1.807) is 6.07 Å². The van der Waals surface area contributed by atoms with Gasteiger partial charge < -0.3 is 5.32 Å². The average Bonchev–Trinajstić information content (AvgIpc) is 2.63. The number of hydrogen-bond donors (Lipinski definition) is 2. The molecule has 0 aromatic rings. The van der Waals surface area contributed by atoms with Crippen LogP contribution < -0.4 is 10.6 Å². The van der Waals surface area contributed by atoms with Gasteiger partial charge in [-0.3, -0.25) is 10.1 Å². The van der Waals surface area contributed by atoms with E-state index in [0.29, 0.717) is 0 Å². The van der Waals surface area contributed by atoms with Gasteiger partial charge >= 0.3 is 6.03 Å². The highest BCUT2D eigenvalue weighted by atomic mass is 32.2. The lowest BCUT2D eigenvalue weighted by molar-refractivity contribution is -0.125. The van der Waals surface area contributed by atoms with E-state index in [1.165, 1.54) is 11.2 Å². The summed E-state index contributed by atoms with van der Waals surface area (Å²) in [5, 5.41) is 12.3. The van der Waals surface area contributed by atoms with Crippen molar-refractivity contribution in [1.82, 2.24) is 14.9 Å². The molecule has 0 bridgehead atoms. The highest BCUT2D eigenvalue weighted by Gasteiger charge is 2.49. The number of sulfonamides is 1. The van der Waals surface area contributed by atoms with Gasteiger partial charge in [-0.25, -0.2) is 17.5 Å². The van der Waals surface area contributed by atoms with Gasteiger partial charge in [0, 0.05) is 13.1 Å². The molecule has 2 N–H and O–H groups in total. The third-order valence-corrected chi connectivity index (χ3v) is 5.66. The summed E-state index contributed by atoms with van der Waals surface area (Å²) in [6.07, 6.45) is 0.421. The third-order valence-electron chi connectivity index (χ3n) is 3.58. The predicted molar refractivity (Wildman–Crippen MR) is 64.2 cm³/mol. The zero-order chi connectivity index (χ0) is 14.3. The SMILES string of the molecule is CC(C#N)S(=O)(=O)N1CCC2(CC1)NC(=O)NC2=O. The number of carbonyl (C=O) groups is 2. The molecule has 0 aliphatic carbocycles. The minimum atomic E-state index is -3.66. The smallest absolute Gasteiger partial charge is 0.322 e. The fourth-order valence-corrected chi connectivity index (χ4v) is 3.56. The van der Waals surface area contributed by atoms with Gasteiger partial charge in [0.2, 0.25) is 10.0 Å². The molecular formula is C10H14N4O4S. The fourth-order valence-electron chi connectivity index (χ4n) is 2.29. The first-order chi connectivity index (χ1) is 8.82. The standard InChI is InChI=1S/C10H14N4O4S/c1-7(6-11)19(17,18)14-4-2-10(3-5-14)8(15)12-9(16)13-10/h7H,2-5H2,1H3,(H2,12,13,15,16). The monoisotopic (exact) mass is 286 g/mol. The molecule has 0 aromatic carbocycles. The Morgan fingerprint density at radius 2 is 1.95 bits per heavy atom. The first kappa shape index (κ1) is 13.8. The van der Waals surface area contributed by atoms with Gasteiger partial charge in [-0.2, -0.15) is 5.26 Å². The van der Waals surface area contributed by atoms with Crippen molar-refractivity contribution in [2.75, 3.05) is 13.1 Å². The quantitative estimate of drug-likeness (QED) is 0.625. The van der Waals surface area contributed by atoms with Crippen LogP contribution in [0.15, 0.2) is 0 Å². The van der Waals surface area contributed by atoms with Crippen LogP contribution in [0.1, 0.15) is 19.8 Å². The third kappa shape index (κ3) is 2.17. The fraction of sp³-hybridized carbons (Fsp3) is 0.700. The van der Waals surface area contributed by atoms with Crippen molar-refractivity contribution >= 4 is 22.0 Å². The predicted octanol–water partition coefficient (Wildman–Crippen LogP) is -1.10. The van der Waals surface area contributed by atoms with Crippen molar-refractivity contribution in [1.29, 1.82) is 5.26 Å². The topological polar surface area (TPSA) is 119 Å². The van der Waals surface area contributed by atoms with E-state index in [0.717, 1.165) is 0 Å². The molecule has 2 rings (SSSR count). The van der Waals surface area contributed by atoms with Gasteiger partial charge in [0.15, 0.2) is 5.25 Å². The minimum absolute atomic E-state index is 0.113. The Hall–Kier alpha value is -1.66. The first-order valence-corrected chi connectivity index (χ1v) is 7.34. The molecule has 3 amide bonds. The van der Waals surface area contributed by atoms with Gasteiger partial charge in [0.05, 0.1) is 6.07 Å². The number of amides is 3. The Bertz CT molecular complexity index is 557. The Morgan fingerprint density at radius 3 is 2.37 bits per heavy atom. The van der Waals surface area contributed by atoms with E-state index < -0.39 is 32.8 Å². The maximum absolute atomic E-state index is 12.0. The number of piperidine rings is 1. The Balaban J connectivity index is 2.11. The lowest BCUT2D eigenvalue weighted by Crippen LogP contribution is -2.56. The minimum Gasteiger partial charge on any atom is -0.323 e. The van der Waals surface area contributed by atoms with Gasteiger partial charge in [-0.1, -0.05) is 0 Å². The molecule has 2 aliphatic rings. The van der Waals surface area contributed by atoms with E-state index in [-0.39, 0.29) is 25.9 Å². The summed E-state index contributed by atoms with van der Waals surface area (Å²) < 4.78 is 25.2. The summed E-state index contributed by atoms with van der Waals surface area (Å²) in [6.45, 7) is 1.55. The van der Waals surface area contributed by atoms with E-state index >= 15 is 0 Å². The largest absolute Gasteiger partial charge is 0.323 e. The molecular weight excluding hydrogens is 272 g/mol. The van der Waals surface area contributed by atoms with Crippen LogP contribution in [0.2, 0.25) is 0 Å². The van der Waals surface area contributed by atoms with Crippen molar-refractivity contribution in [3.05, 3.63) is 0 Å². The molecule has 0 saturated carbocycles. The molecule has 2 saturated heterocycles. The summed E-state index contributed by atoms with van der Waals surface area (Å²) in [6, 6.07) is 1.15. The molecule has 1 unspecified atom stereocenters. The Kier molecular flexibility index (Phi) is 3.24. The van der Waals surface area contributed by atoms with Gasteiger partial charge in [0.1, 0.15) is 5.54 Å². The molecule has 8 nitrogen and oxygen atoms in total. The second-order valence-corrected chi connectivity index (χ2v) is 6.96. The summed E-state index contributed by atoms with van der Waals surface area (Å²) in [5.74, 6) is -0.414. The highest BCUT2D eigenvalue weighted by Crippen LogP contribution is 2.27. The maximum atomic E-state index is 12.0. The van der Waals surface area contributed by atoms with Crippen LogP contribution in [0.5, 0.6) is 0 Å². The van der Waals surface area contributed by atoms with Crippen molar-refractivity contribution in [3.63, 3.8) is 0 Å². The van der Waals surface area contributed by atoms with Crippen LogP contribution in [0, 0.1) is 11.3 Å². The average molecular weight is 286 g/mol. The number of urea groups is 1. The van der Waals surface area contributed by atoms with Gasteiger partial charge in [-0.05, 0) is 19.8 Å². The zero-order valence-corrected chi connectivity index (χ0v) is 11.2. The van der Waals surface area contributed by atoms with Crippen molar-refractivity contribution < 1.29 is 18.0 Å². The molecule has 104 valence electrons. The normalized spacial score (nSPS) is 24.6. The molecule has 9 heteroatoms. The van der Waals surface area contributed by atoms with Gasteiger partial charge in [-0.15, -0.1) is 0 Å². The van der Waals surface area contributed by atoms with Crippen LogP contribution in [-0.2, 0) is 14.8 Å². The number of nitriles is 1. The van der Waals surface area contributed by atoms with E-state index in [2.05, 4.69) is 10.6 Å². The van der Waals surface area contributed by atoms with Crippen molar-refractivity contribution in [3.8, 4) is 6.07 Å². The number of nitrogens with one attached hydrogen (secondary N) is 2. The molecule has 0 radical (unpaired) electrons. The zero-order valence-electron chi connectivity index (χ0n) is 10.3. The van der Waals surface area contributed by atoms with Crippen molar-refractivity contribution in [2.24, 2.45) is 0 Å². The summed E-state index contributed by atoms with van der Waals surface area (Å²) in [4.78, 5) is 22.8. The van der Waals surface area contributed by atoms with Crippen molar-refractivity contribution in [2.45, 2.75) is 30.6 Å². The van der Waals surface area contributed by atoms with Crippen LogP contribution in [0.25, 0.3) is 0 Å². The van der Waals surface area contributed by atoms with Crippen LogP contribution in [-0.4, -0.2) is 48.5 Å². The molecule has 1 spiro atoms. The lowest BCUT2D eigenvalue weighted by atomic mass is 9.89. The molecule has 2 aliphatic heterocycles. The van der Waals surface area contributed by atoms with Crippen LogP contribution >= 0.6 is 0 Å². The Labute approximate surface area is 110 Å². The second-order valence-electron chi connectivity index (χ2n) is 4.71. The first-order valence-electron chi connectivity index (χ1n) is 5.84. The number of hydrogen-bond acceptors (Lipinski definition) is 5. The molecule has 19 heavy (non-hydrogen) atoms. The number of nitrogens with zero attached hydrogens (tertiary/aromatic N) is 2. The second kappa shape index (κ2) is 4.47. The number of carbonyl (C=O) groups excluding carboxylic acids is 2. The highest BCUT2D eigenvalue weighted by molar-refractivity contribution is 7.89. The Morgan fingerprint density at radius 1 is 1.37 bits per heavy atom. The van der Waals surface area contributed by atoms with E-state index in [4.69, 9.17) is 5.26 Å². The molecule has 0 aromatic heterocycles. The molecule has 2 fully saturated rings. The summed E-state index contributed by atoms with van der Waals surface area (Å²) in [7, 11) is -3.66. The summed E-state index contributed by atoms with van der Waals surface area (Å²) >= 11 is 0. The number of imide groups is 1. The van der Waals surface area contributed by atoms with E-state index in [9.17, 15) is 18.0 Å². The van der Waals surface area contributed by atoms with E-state index in [1.807, 2.05) is 0 Å². The molecule has 2 heterocycles. The lowest BCUT2D eigenvalue weighted by Gasteiger charge is -2.36. The van der Waals surface area contributed by atoms with Crippen LogP contribution in [0.4, 0.5) is 4.79 Å². The number of rotatable bonds is 2.